The molecule has 0 heterocycles. The van der Waals surface area contributed by atoms with Crippen LogP contribution in [-0.4, -0.2) is 25.6 Å². The Morgan fingerprint density at radius 1 is 1.23 bits per heavy atom. The summed E-state index contributed by atoms with van der Waals surface area (Å²) < 4.78 is 73.3. The summed E-state index contributed by atoms with van der Waals surface area (Å²) in [6, 6.07) is 3.04. The van der Waals surface area contributed by atoms with Gasteiger partial charge in [0.25, 0.3) is 0 Å². The highest BCUT2D eigenvalue weighted by molar-refractivity contribution is 5.69. The molecule has 0 aromatic heterocycles. The highest BCUT2D eigenvalue weighted by Crippen LogP contribution is 2.34. The zero-order valence-electron chi connectivity index (χ0n) is 11.5. The van der Waals surface area contributed by atoms with Crippen LogP contribution < -0.4 is 9.47 Å². The molecule has 4 nitrogen and oxygen atoms in total. The average Bonchev–Trinajstić information content (AvgIpc) is 2.37. The maximum atomic E-state index is 12.2. The second kappa shape index (κ2) is 7.81. The fraction of sp³-hybridized carbons (Fsp3) is 0.462. The molecule has 0 spiro atoms. The first-order valence-electron chi connectivity index (χ1n) is 6.20. The van der Waals surface area contributed by atoms with Gasteiger partial charge in [-0.15, -0.1) is 13.2 Å². The lowest BCUT2D eigenvalue weighted by Crippen LogP contribution is -2.18. The number of esters is 1. The molecule has 0 N–H and O–H groups in total. The van der Waals surface area contributed by atoms with Crippen molar-refractivity contribution >= 4 is 5.97 Å². The van der Waals surface area contributed by atoms with Gasteiger partial charge >= 0.3 is 18.9 Å². The first-order chi connectivity index (χ1) is 10.2. The van der Waals surface area contributed by atoms with Gasteiger partial charge in [0.05, 0.1) is 6.61 Å². The normalized spacial score (nSPS) is 11.4. The third-order valence-corrected chi connectivity index (χ3v) is 2.37. The largest absolute Gasteiger partial charge is 0.573 e. The van der Waals surface area contributed by atoms with Gasteiger partial charge in [0.1, 0.15) is 0 Å². The molecule has 1 rings (SSSR count). The highest BCUT2D eigenvalue weighted by atomic mass is 19.4. The van der Waals surface area contributed by atoms with Crippen molar-refractivity contribution < 1.29 is 41.0 Å². The van der Waals surface area contributed by atoms with Crippen LogP contribution in [0.4, 0.5) is 22.0 Å². The standard InChI is InChI=1S/C13H13F5O4/c1-2-20-11(19)6-4-8-3-5-9(22-13(16,17)18)10(7-8)21-12(14)15/h3,5,7,12H,2,4,6H2,1H3. The predicted octanol–water partition coefficient (Wildman–Crippen LogP) is 3.68. The van der Waals surface area contributed by atoms with Crippen molar-refractivity contribution in [3.8, 4) is 11.5 Å². The van der Waals surface area contributed by atoms with Crippen LogP contribution in [0.3, 0.4) is 0 Å². The lowest BCUT2D eigenvalue weighted by molar-refractivity contribution is -0.275. The van der Waals surface area contributed by atoms with Crippen LogP contribution in [0.25, 0.3) is 0 Å². The van der Waals surface area contributed by atoms with Crippen LogP contribution >= 0.6 is 0 Å². The molecule has 9 heteroatoms. The van der Waals surface area contributed by atoms with Crippen LogP contribution in [0.2, 0.25) is 0 Å². The fourth-order valence-corrected chi connectivity index (χ4v) is 1.58. The van der Waals surface area contributed by atoms with Gasteiger partial charge in [-0.3, -0.25) is 4.79 Å². The molecule has 0 radical (unpaired) electrons. The van der Waals surface area contributed by atoms with E-state index in [1.54, 1.807) is 6.92 Å². The van der Waals surface area contributed by atoms with Gasteiger partial charge in [-0.25, -0.2) is 0 Å². The molecule has 0 amide bonds. The van der Waals surface area contributed by atoms with E-state index >= 15 is 0 Å². The molecule has 0 aliphatic carbocycles. The number of carbonyl (C=O) groups is 1. The first kappa shape index (κ1) is 18.0. The Balaban J connectivity index is 2.87. The number of halogens is 5. The summed E-state index contributed by atoms with van der Waals surface area (Å²) in [5, 5.41) is 0. The molecular formula is C13H13F5O4. The van der Waals surface area contributed by atoms with E-state index < -0.39 is 30.4 Å². The van der Waals surface area contributed by atoms with Gasteiger partial charge in [0.15, 0.2) is 11.5 Å². The van der Waals surface area contributed by atoms with Gasteiger partial charge in [-0.2, -0.15) is 8.78 Å². The lowest BCUT2D eigenvalue weighted by atomic mass is 10.1. The lowest BCUT2D eigenvalue weighted by Gasteiger charge is -2.14. The maximum absolute atomic E-state index is 12.2. The van der Waals surface area contributed by atoms with Gasteiger partial charge in [-0.1, -0.05) is 6.07 Å². The second-order valence-corrected chi connectivity index (χ2v) is 4.01. The number of carbonyl (C=O) groups excluding carboxylic acids is 1. The number of ether oxygens (including phenoxy) is 3. The first-order valence-corrected chi connectivity index (χ1v) is 6.20. The van der Waals surface area contributed by atoms with Crippen LogP contribution in [0.5, 0.6) is 11.5 Å². The van der Waals surface area contributed by atoms with Crippen LogP contribution in [0.15, 0.2) is 18.2 Å². The summed E-state index contributed by atoms with van der Waals surface area (Å²) in [6.45, 7) is -1.50. The molecule has 1 aromatic carbocycles. The van der Waals surface area contributed by atoms with E-state index in [2.05, 4.69) is 14.2 Å². The zero-order valence-corrected chi connectivity index (χ0v) is 11.5. The van der Waals surface area contributed by atoms with Crippen LogP contribution in [0, 0.1) is 0 Å². The third-order valence-electron chi connectivity index (χ3n) is 2.37. The van der Waals surface area contributed by atoms with E-state index in [4.69, 9.17) is 0 Å². The van der Waals surface area contributed by atoms with Crippen molar-refractivity contribution in [1.82, 2.24) is 0 Å². The van der Waals surface area contributed by atoms with Gasteiger partial charge < -0.3 is 14.2 Å². The third kappa shape index (κ3) is 6.59. The molecule has 1 aromatic rings. The summed E-state index contributed by atoms with van der Waals surface area (Å²) in [5.41, 5.74) is 0.332. The molecular weight excluding hydrogens is 315 g/mol. The number of hydrogen-bond acceptors (Lipinski definition) is 4. The second-order valence-electron chi connectivity index (χ2n) is 4.01. The minimum absolute atomic E-state index is 0.0402. The Labute approximate surface area is 122 Å². The minimum atomic E-state index is -5.04. The Kier molecular flexibility index (Phi) is 6.39. The van der Waals surface area contributed by atoms with Crippen molar-refractivity contribution in [2.45, 2.75) is 32.7 Å². The van der Waals surface area contributed by atoms with E-state index in [1.807, 2.05) is 0 Å². The molecule has 22 heavy (non-hydrogen) atoms. The number of alkyl halides is 5. The maximum Gasteiger partial charge on any atom is 0.573 e. The topological polar surface area (TPSA) is 44.8 Å². The number of aryl methyl sites for hydroxylation is 1. The van der Waals surface area contributed by atoms with Crippen molar-refractivity contribution in [2.24, 2.45) is 0 Å². The van der Waals surface area contributed by atoms with Crippen LogP contribution in [0.1, 0.15) is 18.9 Å². The van der Waals surface area contributed by atoms with E-state index in [1.165, 1.54) is 6.07 Å². The van der Waals surface area contributed by atoms with E-state index in [0.29, 0.717) is 5.56 Å². The quantitative estimate of drug-likeness (QED) is 0.566. The molecule has 0 atom stereocenters. The van der Waals surface area contributed by atoms with Crippen molar-refractivity contribution in [1.29, 1.82) is 0 Å². The number of rotatable bonds is 7. The fourth-order valence-electron chi connectivity index (χ4n) is 1.58. The van der Waals surface area contributed by atoms with E-state index in [-0.39, 0.29) is 19.4 Å². The molecule has 0 fully saturated rings. The number of hydrogen-bond donors (Lipinski definition) is 0. The van der Waals surface area contributed by atoms with Crippen molar-refractivity contribution in [3.05, 3.63) is 23.8 Å². The Morgan fingerprint density at radius 2 is 1.91 bits per heavy atom. The SMILES string of the molecule is CCOC(=O)CCc1ccc(OC(F)(F)F)c(OC(F)F)c1. The van der Waals surface area contributed by atoms with E-state index in [9.17, 15) is 26.7 Å². The summed E-state index contributed by atoms with van der Waals surface area (Å²) in [6.07, 6.45) is -4.97. The van der Waals surface area contributed by atoms with Crippen LogP contribution in [-0.2, 0) is 16.0 Å². The molecule has 0 unspecified atom stereocenters. The minimum Gasteiger partial charge on any atom is -0.466 e. The smallest absolute Gasteiger partial charge is 0.466 e. The summed E-state index contributed by atoms with van der Waals surface area (Å²) >= 11 is 0. The Bertz CT molecular complexity index is 502. The average molecular weight is 328 g/mol. The van der Waals surface area contributed by atoms with Crippen molar-refractivity contribution in [3.63, 3.8) is 0 Å². The van der Waals surface area contributed by atoms with Gasteiger partial charge in [0.2, 0.25) is 0 Å². The molecule has 0 bridgehead atoms. The van der Waals surface area contributed by atoms with Gasteiger partial charge in [0, 0.05) is 6.42 Å². The molecule has 0 aliphatic rings. The van der Waals surface area contributed by atoms with E-state index in [0.717, 1.165) is 12.1 Å². The Morgan fingerprint density at radius 3 is 2.45 bits per heavy atom. The van der Waals surface area contributed by atoms with Gasteiger partial charge in [-0.05, 0) is 31.0 Å². The summed E-state index contributed by atoms with van der Waals surface area (Å²) in [7, 11) is 0. The molecule has 0 saturated carbocycles. The summed E-state index contributed by atoms with van der Waals surface area (Å²) in [5.74, 6) is -2.14. The molecule has 0 aliphatic heterocycles. The molecule has 124 valence electrons. The zero-order chi connectivity index (χ0) is 16.8. The molecule has 0 saturated heterocycles. The Hall–Kier alpha value is -2.06. The number of benzene rings is 1. The summed E-state index contributed by atoms with van der Waals surface area (Å²) in [4.78, 5) is 11.2. The predicted molar refractivity (Wildman–Crippen MR) is 64.7 cm³/mol. The van der Waals surface area contributed by atoms with Crippen molar-refractivity contribution in [2.75, 3.05) is 6.61 Å². The highest BCUT2D eigenvalue weighted by Gasteiger charge is 2.33. The monoisotopic (exact) mass is 328 g/mol.